The van der Waals surface area contributed by atoms with Crippen molar-refractivity contribution in [2.75, 3.05) is 6.66 Å². The zero-order valence-corrected chi connectivity index (χ0v) is 6.92. The molecule has 1 nitrogen and oxygen atoms in total. The van der Waals surface area contributed by atoms with Crippen molar-refractivity contribution in [3.8, 4) is 0 Å². The van der Waals surface area contributed by atoms with Crippen molar-refractivity contribution in [1.29, 1.82) is 0 Å². The second-order valence-corrected chi connectivity index (χ2v) is 8.07. The first-order valence-corrected chi connectivity index (χ1v) is 6.59. The van der Waals surface area contributed by atoms with Gasteiger partial charge in [0, 0.05) is 11.3 Å². The lowest BCUT2D eigenvalue weighted by Gasteiger charge is -2.40. The molecule has 54 valence electrons. The van der Waals surface area contributed by atoms with Crippen LogP contribution in [0.5, 0.6) is 0 Å². The Morgan fingerprint density at radius 3 is 2.10 bits per heavy atom. The highest BCUT2D eigenvalue weighted by atomic mass is 31.2. The molecule has 0 aromatic rings. The highest BCUT2D eigenvalue weighted by Crippen LogP contribution is 2.94. The van der Waals surface area contributed by atoms with Crippen molar-refractivity contribution in [2.24, 2.45) is 23.7 Å². The Hall–Kier alpha value is 0.230. The Morgan fingerprint density at radius 1 is 1.20 bits per heavy atom. The first kappa shape index (κ1) is 4.98. The largest absolute Gasteiger partial charge is 0.323 e. The smallest absolute Gasteiger partial charge is 0.0918 e. The molecule has 1 heterocycles. The molecule has 5 rings (SSSR count). The molecule has 4 unspecified atom stereocenters. The maximum atomic E-state index is 11.9. The summed E-state index contributed by atoms with van der Waals surface area (Å²) in [5.74, 6) is 3.98. The van der Waals surface area contributed by atoms with Crippen molar-refractivity contribution in [3.05, 3.63) is 0 Å². The second-order valence-electron chi connectivity index (χ2n) is 4.76. The third kappa shape index (κ3) is 0.241. The number of hydrogen-bond acceptors (Lipinski definition) is 1. The molecule has 2 heteroatoms. The Kier molecular flexibility index (Phi) is 0.489. The van der Waals surface area contributed by atoms with Crippen LogP contribution in [0.15, 0.2) is 0 Å². The maximum absolute atomic E-state index is 11.9. The molecule has 0 amide bonds. The van der Waals surface area contributed by atoms with Crippen LogP contribution in [0.4, 0.5) is 0 Å². The van der Waals surface area contributed by atoms with Gasteiger partial charge in [-0.15, -0.1) is 0 Å². The molecule has 4 saturated carbocycles. The van der Waals surface area contributed by atoms with Gasteiger partial charge in [0.2, 0.25) is 0 Å². The molecule has 4 aliphatic carbocycles. The Labute approximate surface area is 60.6 Å². The average Bonchev–Trinajstić information content (AvgIpc) is 2.38. The van der Waals surface area contributed by atoms with Crippen molar-refractivity contribution in [2.45, 2.75) is 17.7 Å². The molecule has 5 fully saturated rings. The van der Waals surface area contributed by atoms with Gasteiger partial charge in [-0.25, -0.2) is 0 Å². The van der Waals surface area contributed by atoms with Crippen LogP contribution < -0.4 is 0 Å². The third-order valence-electron chi connectivity index (χ3n) is 4.69. The summed E-state index contributed by atoms with van der Waals surface area (Å²) < 4.78 is 11.9. The van der Waals surface area contributed by atoms with Gasteiger partial charge in [-0.1, -0.05) is 0 Å². The highest BCUT2D eigenvalue weighted by molar-refractivity contribution is 7.67. The molecule has 0 spiro atoms. The van der Waals surface area contributed by atoms with E-state index < -0.39 is 7.14 Å². The Balaban J connectivity index is 2.02. The normalized spacial score (nSPS) is 86.9. The van der Waals surface area contributed by atoms with Crippen LogP contribution in [0.3, 0.4) is 0 Å². The molecular weight excluding hydrogens is 143 g/mol. The minimum Gasteiger partial charge on any atom is -0.323 e. The van der Waals surface area contributed by atoms with Gasteiger partial charge in [-0.05, 0) is 36.8 Å². The van der Waals surface area contributed by atoms with Crippen molar-refractivity contribution in [1.82, 2.24) is 0 Å². The van der Waals surface area contributed by atoms with Crippen LogP contribution in [-0.2, 0) is 4.57 Å². The summed E-state index contributed by atoms with van der Waals surface area (Å²) in [5.41, 5.74) is 1.49. The minimum atomic E-state index is -1.56. The zero-order valence-electron chi connectivity index (χ0n) is 6.03. The fraction of sp³-hybridized carbons (Fsp3) is 1.00. The molecule has 6 bridgehead atoms. The summed E-state index contributed by atoms with van der Waals surface area (Å²) >= 11 is 0. The number of hydrogen-bond donors (Lipinski definition) is 0. The van der Waals surface area contributed by atoms with E-state index in [-0.39, 0.29) is 0 Å². The molecule has 0 radical (unpaired) electrons. The summed E-state index contributed by atoms with van der Waals surface area (Å²) in [6.45, 7) is 2.06. The molecule has 1 aliphatic heterocycles. The van der Waals surface area contributed by atoms with Gasteiger partial charge in [0.05, 0.1) is 7.14 Å². The first-order chi connectivity index (χ1) is 4.73. The maximum Gasteiger partial charge on any atom is 0.0918 e. The van der Waals surface area contributed by atoms with Gasteiger partial charge >= 0.3 is 0 Å². The Morgan fingerprint density at radius 2 is 1.80 bits per heavy atom. The lowest BCUT2D eigenvalue weighted by Crippen LogP contribution is -2.34. The standard InChI is InChI=1S/C8H11OP/c1-10(9)7-4-2-3-5(7)6(3)8(4)10/h3-8H,2H2,1H3. The van der Waals surface area contributed by atoms with Crippen LogP contribution in [0.2, 0.25) is 0 Å². The molecule has 10 heavy (non-hydrogen) atoms. The van der Waals surface area contributed by atoms with E-state index in [1.807, 2.05) is 0 Å². The fourth-order valence-corrected chi connectivity index (χ4v) is 9.05. The Bertz CT molecular complexity index is 259. The lowest BCUT2D eigenvalue weighted by molar-refractivity contribution is 0.477. The second kappa shape index (κ2) is 0.982. The van der Waals surface area contributed by atoms with E-state index in [0.29, 0.717) is 0 Å². The fourth-order valence-electron chi connectivity index (χ4n) is 4.61. The van der Waals surface area contributed by atoms with E-state index in [1.165, 1.54) is 6.42 Å². The zero-order chi connectivity index (χ0) is 6.67. The van der Waals surface area contributed by atoms with E-state index in [0.717, 1.165) is 35.0 Å². The molecular formula is C8H11OP. The van der Waals surface area contributed by atoms with E-state index in [2.05, 4.69) is 6.66 Å². The first-order valence-electron chi connectivity index (χ1n) is 4.30. The summed E-state index contributed by atoms with van der Waals surface area (Å²) in [7, 11) is -1.56. The molecule has 4 atom stereocenters. The summed E-state index contributed by atoms with van der Waals surface area (Å²) in [6.07, 6.45) is 1.46. The van der Waals surface area contributed by atoms with Crippen LogP contribution in [-0.4, -0.2) is 18.0 Å². The van der Waals surface area contributed by atoms with Gasteiger partial charge in [0.1, 0.15) is 0 Å². The van der Waals surface area contributed by atoms with Gasteiger partial charge in [0.15, 0.2) is 0 Å². The SMILES string of the molecule is CP1(=O)C2C3CC4C2C4C31. The monoisotopic (exact) mass is 154 g/mol. The third-order valence-corrected chi connectivity index (χ3v) is 8.51. The van der Waals surface area contributed by atoms with Crippen molar-refractivity contribution >= 4 is 7.14 Å². The van der Waals surface area contributed by atoms with Gasteiger partial charge in [-0.3, -0.25) is 0 Å². The van der Waals surface area contributed by atoms with Crippen molar-refractivity contribution < 1.29 is 4.57 Å². The van der Waals surface area contributed by atoms with Crippen LogP contribution in [0, 0.1) is 23.7 Å². The van der Waals surface area contributed by atoms with Crippen LogP contribution in [0.25, 0.3) is 0 Å². The van der Waals surface area contributed by atoms with Gasteiger partial charge in [-0.2, -0.15) is 0 Å². The predicted octanol–water partition coefficient (Wildman–Crippen LogP) is 1.63. The molecule has 0 aromatic heterocycles. The summed E-state index contributed by atoms with van der Waals surface area (Å²) in [5, 5.41) is 0. The van der Waals surface area contributed by atoms with Crippen LogP contribution >= 0.6 is 7.14 Å². The molecule has 0 aromatic carbocycles. The van der Waals surface area contributed by atoms with E-state index >= 15 is 0 Å². The lowest BCUT2D eigenvalue weighted by atomic mass is 10.1. The van der Waals surface area contributed by atoms with E-state index in [4.69, 9.17) is 0 Å². The predicted molar refractivity (Wildman–Crippen MR) is 39.7 cm³/mol. The molecule has 5 aliphatic rings. The minimum absolute atomic E-state index is 0.743. The quantitative estimate of drug-likeness (QED) is 0.484. The van der Waals surface area contributed by atoms with Crippen LogP contribution in [0.1, 0.15) is 6.42 Å². The summed E-state index contributed by atoms with van der Waals surface area (Å²) in [6, 6.07) is 0. The van der Waals surface area contributed by atoms with Gasteiger partial charge < -0.3 is 4.57 Å². The molecule has 1 saturated heterocycles. The topological polar surface area (TPSA) is 17.1 Å². The molecule has 0 N–H and O–H groups in total. The summed E-state index contributed by atoms with van der Waals surface area (Å²) in [4.78, 5) is 0. The number of rotatable bonds is 0. The van der Waals surface area contributed by atoms with Crippen molar-refractivity contribution in [3.63, 3.8) is 0 Å². The van der Waals surface area contributed by atoms with Gasteiger partial charge in [0.25, 0.3) is 0 Å². The van der Waals surface area contributed by atoms with E-state index in [1.54, 1.807) is 0 Å². The highest BCUT2D eigenvalue weighted by Gasteiger charge is 2.86. The van der Waals surface area contributed by atoms with E-state index in [9.17, 15) is 4.57 Å². The average molecular weight is 154 g/mol.